The lowest BCUT2D eigenvalue weighted by molar-refractivity contribution is -0.123. The van der Waals surface area contributed by atoms with Gasteiger partial charge >= 0.3 is 0 Å². The minimum absolute atomic E-state index is 0.132. The number of furan rings is 1. The van der Waals surface area contributed by atoms with Crippen LogP contribution in [0.3, 0.4) is 0 Å². The number of halogens is 2. The Morgan fingerprint density at radius 3 is 2.65 bits per heavy atom. The normalized spacial score (nSPS) is 14.3. The number of carbonyl (C=O) groups excluding carboxylic acids is 1. The summed E-state index contributed by atoms with van der Waals surface area (Å²) in [6.45, 7) is -0.132. The average molecular weight is 493 g/mol. The second kappa shape index (κ2) is 10.5. The third kappa shape index (κ3) is 6.01. The molecule has 1 N–H and O–H groups in total. The summed E-state index contributed by atoms with van der Waals surface area (Å²) in [6.07, 6.45) is 1.41. The second-order valence-electron chi connectivity index (χ2n) is 6.55. The summed E-state index contributed by atoms with van der Waals surface area (Å²) in [5, 5.41) is 4.95. The van der Waals surface area contributed by atoms with Crippen molar-refractivity contribution in [3.05, 3.63) is 76.0 Å². The van der Waals surface area contributed by atoms with Gasteiger partial charge in [0.2, 0.25) is 0 Å². The molecule has 31 heavy (non-hydrogen) atoms. The van der Waals surface area contributed by atoms with Crippen LogP contribution in [-0.2, 0) is 4.79 Å². The molecule has 2 aromatic carbocycles. The number of benzene rings is 2. The molecule has 1 aliphatic rings. The van der Waals surface area contributed by atoms with Gasteiger partial charge in [-0.1, -0.05) is 35.3 Å². The molecule has 160 valence electrons. The van der Waals surface area contributed by atoms with E-state index in [1.807, 2.05) is 47.8 Å². The molecule has 3 aromatic rings. The van der Waals surface area contributed by atoms with E-state index in [4.69, 9.17) is 32.4 Å². The molecule has 5 nitrogen and oxygen atoms in total. The fraction of sp³-hybridized carbons (Fsp3) is 0.182. The predicted molar refractivity (Wildman–Crippen MR) is 129 cm³/mol. The van der Waals surface area contributed by atoms with Crippen LogP contribution < -0.4 is 10.2 Å². The number of carbonyl (C=O) groups is 1. The van der Waals surface area contributed by atoms with Crippen molar-refractivity contribution in [3.8, 4) is 17.1 Å². The molecule has 1 fully saturated rings. The van der Waals surface area contributed by atoms with Crippen molar-refractivity contribution < 1.29 is 13.9 Å². The van der Waals surface area contributed by atoms with Gasteiger partial charge in [-0.05, 0) is 48.0 Å². The fourth-order valence-corrected chi connectivity index (χ4v) is 6.24. The van der Waals surface area contributed by atoms with Crippen LogP contribution in [0.2, 0.25) is 10.0 Å². The quantitative estimate of drug-likeness (QED) is 0.311. The Morgan fingerprint density at radius 1 is 1.13 bits per heavy atom. The minimum Gasteiger partial charge on any atom is -0.484 e. The zero-order chi connectivity index (χ0) is 21.6. The summed E-state index contributed by atoms with van der Waals surface area (Å²) < 4.78 is 11.7. The van der Waals surface area contributed by atoms with E-state index in [2.05, 4.69) is 10.5 Å². The molecule has 0 saturated carbocycles. The summed E-state index contributed by atoms with van der Waals surface area (Å²) >= 11 is 16.0. The monoisotopic (exact) mass is 492 g/mol. The van der Waals surface area contributed by atoms with E-state index < -0.39 is 0 Å². The molecular formula is C22H18Cl2N2O3S2. The first kappa shape index (κ1) is 22.1. The van der Waals surface area contributed by atoms with Crippen molar-refractivity contribution in [3.63, 3.8) is 0 Å². The molecule has 0 spiro atoms. The summed E-state index contributed by atoms with van der Waals surface area (Å²) in [5.41, 5.74) is 4.41. The molecule has 1 amide bonds. The number of nitrogens with one attached hydrogen (secondary N) is 1. The Bertz CT molecular complexity index is 1080. The molecule has 4 rings (SSSR count). The molecule has 2 heterocycles. The average Bonchev–Trinajstić information content (AvgIpc) is 3.45. The maximum atomic E-state index is 12.0. The first-order chi connectivity index (χ1) is 15.1. The van der Waals surface area contributed by atoms with Crippen LogP contribution in [0.15, 0.2) is 64.1 Å². The standard InChI is InChI=1S/C22H18Cl2N2O3S2/c23-15-3-7-18(19(24)11-15)20-8-6-17(29-20)12-25-26-21(27)13-28-16-4-1-14(2-5-16)22-30-9-10-31-22/h1-8,11-12,22H,9-10,13H2,(H,26,27)/b25-12+. The van der Waals surface area contributed by atoms with Gasteiger partial charge in [0.15, 0.2) is 6.61 Å². The largest absolute Gasteiger partial charge is 0.484 e. The van der Waals surface area contributed by atoms with E-state index in [9.17, 15) is 4.79 Å². The Morgan fingerprint density at radius 2 is 1.90 bits per heavy atom. The molecule has 1 aliphatic heterocycles. The molecular weight excluding hydrogens is 475 g/mol. The van der Waals surface area contributed by atoms with Gasteiger partial charge in [0, 0.05) is 22.1 Å². The first-order valence-corrected chi connectivity index (χ1v) is 12.3. The molecule has 1 aromatic heterocycles. The highest BCUT2D eigenvalue weighted by atomic mass is 35.5. The van der Waals surface area contributed by atoms with Crippen LogP contribution >= 0.6 is 46.7 Å². The van der Waals surface area contributed by atoms with Crippen molar-refractivity contribution in [2.45, 2.75) is 4.58 Å². The number of rotatable bonds is 7. The number of hydrogen-bond acceptors (Lipinski definition) is 6. The minimum atomic E-state index is -0.366. The van der Waals surface area contributed by atoms with Crippen LogP contribution in [-0.4, -0.2) is 30.2 Å². The maximum Gasteiger partial charge on any atom is 0.277 e. The van der Waals surface area contributed by atoms with E-state index in [0.29, 0.717) is 31.9 Å². The number of hydrazone groups is 1. The van der Waals surface area contributed by atoms with Gasteiger partial charge < -0.3 is 9.15 Å². The van der Waals surface area contributed by atoms with Gasteiger partial charge in [-0.2, -0.15) is 5.10 Å². The summed E-state index contributed by atoms with van der Waals surface area (Å²) in [6, 6.07) is 16.5. The van der Waals surface area contributed by atoms with Gasteiger partial charge in [0.05, 0.1) is 15.8 Å². The van der Waals surface area contributed by atoms with Crippen LogP contribution in [0.4, 0.5) is 0 Å². The van der Waals surface area contributed by atoms with Crippen molar-refractivity contribution in [2.24, 2.45) is 5.10 Å². The Hall–Kier alpha value is -2.06. The van der Waals surface area contributed by atoms with Gasteiger partial charge in [-0.25, -0.2) is 5.43 Å². The van der Waals surface area contributed by atoms with E-state index in [1.54, 1.807) is 30.3 Å². The van der Waals surface area contributed by atoms with Crippen molar-refractivity contribution in [1.82, 2.24) is 5.43 Å². The zero-order valence-corrected chi connectivity index (χ0v) is 19.4. The smallest absolute Gasteiger partial charge is 0.277 e. The molecule has 0 aliphatic carbocycles. The Labute approximate surface area is 198 Å². The predicted octanol–water partition coefficient (Wildman–Crippen LogP) is 6.26. The summed E-state index contributed by atoms with van der Waals surface area (Å²) in [7, 11) is 0. The van der Waals surface area contributed by atoms with Crippen molar-refractivity contribution >= 4 is 58.8 Å². The molecule has 9 heteroatoms. The number of ether oxygens (including phenoxy) is 1. The second-order valence-corrected chi connectivity index (χ2v) is 10.1. The lowest BCUT2D eigenvalue weighted by Crippen LogP contribution is -2.24. The number of thioether (sulfide) groups is 2. The number of amides is 1. The maximum absolute atomic E-state index is 12.0. The van der Waals surface area contributed by atoms with E-state index in [1.165, 1.54) is 23.3 Å². The van der Waals surface area contributed by atoms with Crippen molar-refractivity contribution in [2.75, 3.05) is 18.1 Å². The zero-order valence-electron chi connectivity index (χ0n) is 16.2. The molecule has 1 saturated heterocycles. The molecule has 0 radical (unpaired) electrons. The van der Waals surface area contributed by atoms with E-state index in [0.717, 1.165) is 5.56 Å². The van der Waals surface area contributed by atoms with Gasteiger partial charge in [0.1, 0.15) is 17.3 Å². The van der Waals surface area contributed by atoms with Crippen LogP contribution in [0.25, 0.3) is 11.3 Å². The van der Waals surface area contributed by atoms with E-state index in [-0.39, 0.29) is 12.5 Å². The van der Waals surface area contributed by atoms with Gasteiger partial charge in [0.25, 0.3) is 5.91 Å². The lowest BCUT2D eigenvalue weighted by atomic mass is 10.2. The summed E-state index contributed by atoms with van der Waals surface area (Å²) in [5.74, 6) is 3.70. The summed E-state index contributed by atoms with van der Waals surface area (Å²) in [4.78, 5) is 12.0. The highest BCUT2D eigenvalue weighted by molar-refractivity contribution is 8.19. The number of nitrogens with zero attached hydrogens (tertiary/aromatic N) is 1. The number of hydrogen-bond donors (Lipinski definition) is 1. The van der Waals surface area contributed by atoms with Crippen LogP contribution in [0.1, 0.15) is 15.9 Å². The Balaban J connectivity index is 1.25. The fourth-order valence-electron chi connectivity index (χ4n) is 2.88. The van der Waals surface area contributed by atoms with Gasteiger partial charge in [-0.15, -0.1) is 23.5 Å². The SMILES string of the molecule is O=C(COc1ccc(C2SCCS2)cc1)N/N=C/c1ccc(-c2ccc(Cl)cc2Cl)o1. The highest BCUT2D eigenvalue weighted by Gasteiger charge is 2.18. The van der Waals surface area contributed by atoms with Crippen LogP contribution in [0.5, 0.6) is 5.75 Å². The third-order valence-electron chi connectivity index (χ3n) is 4.35. The van der Waals surface area contributed by atoms with Gasteiger partial charge in [-0.3, -0.25) is 4.79 Å². The highest BCUT2D eigenvalue weighted by Crippen LogP contribution is 2.45. The molecule has 0 bridgehead atoms. The third-order valence-corrected chi connectivity index (χ3v) is 8.00. The first-order valence-electron chi connectivity index (χ1n) is 9.41. The van der Waals surface area contributed by atoms with E-state index >= 15 is 0 Å². The Kier molecular flexibility index (Phi) is 7.50. The van der Waals surface area contributed by atoms with Crippen LogP contribution in [0, 0.1) is 0 Å². The molecule has 0 atom stereocenters. The molecule has 0 unspecified atom stereocenters. The lowest BCUT2D eigenvalue weighted by Gasteiger charge is -2.09. The topological polar surface area (TPSA) is 63.8 Å². The van der Waals surface area contributed by atoms with Crippen molar-refractivity contribution in [1.29, 1.82) is 0 Å².